The summed E-state index contributed by atoms with van der Waals surface area (Å²) in [5.41, 5.74) is 5.32. The van der Waals surface area contributed by atoms with Gasteiger partial charge in [-0.05, 0) is 53.1 Å². The molecule has 3 heterocycles. The molecule has 0 aliphatic rings. The van der Waals surface area contributed by atoms with Crippen LogP contribution in [-0.4, -0.2) is 9.97 Å². The zero-order chi connectivity index (χ0) is 21.9. The van der Waals surface area contributed by atoms with Gasteiger partial charge < -0.3 is 4.42 Å². The number of rotatable bonds is 2. The SMILES string of the molecule is Clc1nc(-c2cccc(-c3ccc4sc5ccccc5c4c3)c2)c2c(n1)oc1ccccc12. The van der Waals surface area contributed by atoms with E-state index in [0.717, 1.165) is 33.2 Å². The van der Waals surface area contributed by atoms with Gasteiger partial charge in [-0.1, -0.05) is 60.7 Å². The third kappa shape index (κ3) is 2.95. The molecule has 156 valence electrons. The van der Waals surface area contributed by atoms with Crippen LogP contribution in [0.25, 0.3) is 64.6 Å². The standard InChI is InChI=1S/C28H15ClN2OS/c29-28-30-26(25-20-9-1-3-10-22(20)32-27(25)31-28)18-7-5-6-16(14-18)17-12-13-24-21(15-17)19-8-2-4-11-23(19)33-24/h1-15H. The number of para-hydroxylation sites is 1. The molecule has 0 bridgehead atoms. The molecule has 0 saturated heterocycles. The van der Waals surface area contributed by atoms with Crippen LogP contribution in [0, 0.1) is 0 Å². The minimum absolute atomic E-state index is 0.174. The fourth-order valence-electron chi connectivity index (χ4n) is 4.56. The lowest BCUT2D eigenvalue weighted by Gasteiger charge is -2.07. The smallest absolute Gasteiger partial charge is 0.232 e. The van der Waals surface area contributed by atoms with Crippen LogP contribution in [0.2, 0.25) is 5.28 Å². The molecule has 0 fully saturated rings. The third-order valence-electron chi connectivity index (χ3n) is 6.06. The van der Waals surface area contributed by atoms with Gasteiger partial charge in [0.25, 0.3) is 0 Å². The van der Waals surface area contributed by atoms with Crippen molar-refractivity contribution in [1.82, 2.24) is 9.97 Å². The Bertz CT molecular complexity index is 1850. The predicted octanol–water partition coefficient (Wildman–Crippen LogP) is 8.73. The molecule has 0 atom stereocenters. The number of hydrogen-bond donors (Lipinski definition) is 0. The Balaban J connectivity index is 1.44. The first kappa shape index (κ1) is 18.8. The van der Waals surface area contributed by atoms with Crippen molar-refractivity contribution >= 4 is 65.2 Å². The summed E-state index contributed by atoms with van der Waals surface area (Å²) >= 11 is 8.11. The molecule has 5 heteroatoms. The first-order valence-electron chi connectivity index (χ1n) is 10.6. The van der Waals surface area contributed by atoms with Crippen molar-refractivity contribution in [3.63, 3.8) is 0 Å². The highest BCUT2D eigenvalue weighted by atomic mass is 35.5. The minimum Gasteiger partial charge on any atom is -0.438 e. The van der Waals surface area contributed by atoms with E-state index in [0.29, 0.717) is 5.71 Å². The number of furan rings is 1. The maximum absolute atomic E-state index is 6.29. The summed E-state index contributed by atoms with van der Waals surface area (Å²) in [7, 11) is 0. The lowest BCUT2D eigenvalue weighted by atomic mass is 9.98. The van der Waals surface area contributed by atoms with E-state index < -0.39 is 0 Å². The van der Waals surface area contributed by atoms with Crippen LogP contribution in [0.4, 0.5) is 0 Å². The molecule has 3 aromatic heterocycles. The summed E-state index contributed by atoms with van der Waals surface area (Å²) in [5.74, 6) is 0. The number of hydrogen-bond acceptors (Lipinski definition) is 4. The second-order valence-corrected chi connectivity index (χ2v) is 9.43. The fourth-order valence-corrected chi connectivity index (χ4v) is 5.81. The molecule has 4 aromatic carbocycles. The van der Waals surface area contributed by atoms with Crippen LogP contribution < -0.4 is 0 Å². The van der Waals surface area contributed by atoms with Crippen molar-refractivity contribution < 1.29 is 4.42 Å². The summed E-state index contributed by atoms with van der Waals surface area (Å²) in [6.45, 7) is 0. The largest absolute Gasteiger partial charge is 0.438 e. The van der Waals surface area contributed by atoms with Crippen LogP contribution in [0.3, 0.4) is 0 Å². The molecule has 0 saturated carbocycles. The van der Waals surface area contributed by atoms with Gasteiger partial charge in [-0.15, -0.1) is 11.3 Å². The number of benzene rings is 4. The zero-order valence-electron chi connectivity index (χ0n) is 17.2. The van der Waals surface area contributed by atoms with Crippen LogP contribution >= 0.6 is 22.9 Å². The molecule has 0 unspecified atom stereocenters. The Hall–Kier alpha value is -3.73. The van der Waals surface area contributed by atoms with Crippen molar-refractivity contribution in [2.45, 2.75) is 0 Å². The van der Waals surface area contributed by atoms with Crippen LogP contribution in [0.5, 0.6) is 0 Å². The van der Waals surface area contributed by atoms with E-state index in [-0.39, 0.29) is 5.28 Å². The van der Waals surface area contributed by atoms with Gasteiger partial charge in [0.05, 0.1) is 11.1 Å². The van der Waals surface area contributed by atoms with Gasteiger partial charge in [-0.3, -0.25) is 0 Å². The Kier molecular flexibility index (Phi) is 4.07. The van der Waals surface area contributed by atoms with E-state index in [1.54, 1.807) is 0 Å². The second kappa shape index (κ2) is 7.14. The van der Waals surface area contributed by atoms with Crippen molar-refractivity contribution in [2.75, 3.05) is 0 Å². The Morgan fingerprint density at radius 2 is 1.39 bits per heavy atom. The maximum atomic E-state index is 6.29. The van der Waals surface area contributed by atoms with Crippen molar-refractivity contribution in [1.29, 1.82) is 0 Å². The van der Waals surface area contributed by atoms with Crippen LogP contribution in [0.1, 0.15) is 0 Å². The average Bonchev–Trinajstić information content (AvgIpc) is 3.41. The third-order valence-corrected chi connectivity index (χ3v) is 7.38. The summed E-state index contributed by atoms with van der Waals surface area (Å²) in [5, 5.41) is 4.62. The molecule has 0 N–H and O–H groups in total. The highest BCUT2D eigenvalue weighted by Crippen LogP contribution is 2.39. The first-order chi connectivity index (χ1) is 16.2. The summed E-state index contributed by atoms with van der Waals surface area (Å²) in [6, 6.07) is 31.6. The van der Waals surface area contributed by atoms with E-state index in [1.807, 2.05) is 35.6 Å². The van der Waals surface area contributed by atoms with Crippen molar-refractivity contribution in [3.05, 3.63) is 96.3 Å². The zero-order valence-corrected chi connectivity index (χ0v) is 18.8. The maximum Gasteiger partial charge on any atom is 0.232 e. The second-order valence-electron chi connectivity index (χ2n) is 8.01. The van der Waals surface area contributed by atoms with Crippen molar-refractivity contribution in [3.8, 4) is 22.4 Å². The lowest BCUT2D eigenvalue weighted by Crippen LogP contribution is -1.90. The summed E-state index contributed by atoms with van der Waals surface area (Å²) in [4.78, 5) is 8.93. The molecule has 0 aliphatic heterocycles. The normalized spacial score (nSPS) is 11.8. The van der Waals surface area contributed by atoms with Gasteiger partial charge in [0.2, 0.25) is 11.0 Å². The number of halogens is 1. The Morgan fingerprint density at radius 3 is 2.33 bits per heavy atom. The van der Waals surface area contributed by atoms with Gasteiger partial charge in [0.15, 0.2) is 0 Å². The Morgan fingerprint density at radius 1 is 0.636 bits per heavy atom. The molecular weight excluding hydrogens is 448 g/mol. The van der Waals surface area contributed by atoms with E-state index >= 15 is 0 Å². The minimum atomic E-state index is 0.174. The van der Waals surface area contributed by atoms with E-state index in [4.69, 9.17) is 16.0 Å². The molecule has 0 amide bonds. The van der Waals surface area contributed by atoms with Gasteiger partial charge >= 0.3 is 0 Å². The Labute approximate surface area is 197 Å². The van der Waals surface area contributed by atoms with Gasteiger partial charge in [-0.25, -0.2) is 4.98 Å². The first-order valence-corrected chi connectivity index (χ1v) is 11.8. The van der Waals surface area contributed by atoms with E-state index in [2.05, 4.69) is 76.7 Å². The van der Waals surface area contributed by atoms with Gasteiger partial charge in [0, 0.05) is 31.1 Å². The topological polar surface area (TPSA) is 38.9 Å². The highest BCUT2D eigenvalue weighted by molar-refractivity contribution is 7.25. The molecule has 7 rings (SSSR count). The fraction of sp³-hybridized carbons (Fsp3) is 0. The van der Waals surface area contributed by atoms with Crippen LogP contribution in [0.15, 0.2) is 95.4 Å². The van der Waals surface area contributed by atoms with E-state index in [1.165, 1.54) is 25.7 Å². The number of thiophene rings is 1. The quantitative estimate of drug-likeness (QED) is 0.241. The molecule has 3 nitrogen and oxygen atoms in total. The number of fused-ring (bicyclic) bond motifs is 6. The number of aromatic nitrogens is 2. The lowest BCUT2D eigenvalue weighted by molar-refractivity contribution is 0.653. The molecule has 7 aromatic rings. The molecule has 0 spiro atoms. The molecule has 0 radical (unpaired) electrons. The molecule has 33 heavy (non-hydrogen) atoms. The highest BCUT2D eigenvalue weighted by Gasteiger charge is 2.17. The van der Waals surface area contributed by atoms with Gasteiger partial charge in [0.1, 0.15) is 5.58 Å². The van der Waals surface area contributed by atoms with Crippen LogP contribution in [-0.2, 0) is 0 Å². The van der Waals surface area contributed by atoms with Crippen molar-refractivity contribution in [2.24, 2.45) is 0 Å². The summed E-state index contributed by atoms with van der Waals surface area (Å²) < 4.78 is 8.56. The van der Waals surface area contributed by atoms with E-state index in [9.17, 15) is 0 Å². The molecular formula is C28H15ClN2OS. The summed E-state index contributed by atoms with van der Waals surface area (Å²) in [6.07, 6.45) is 0. The predicted molar refractivity (Wildman–Crippen MR) is 138 cm³/mol. The number of nitrogens with zero attached hydrogens (tertiary/aromatic N) is 2. The monoisotopic (exact) mass is 462 g/mol. The average molecular weight is 463 g/mol. The molecule has 0 aliphatic carbocycles. The van der Waals surface area contributed by atoms with Gasteiger partial charge in [-0.2, -0.15) is 4.98 Å².